The van der Waals surface area contributed by atoms with Crippen molar-refractivity contribution in [1.29, 1.82) is 0 Å². The number of carbonyl (C=O) groups excluding carboxylic acids is 1. The highest BCUT2D eigenvalue weighted by molar-refractivity contribution is 5.75. The number of amides is 1. The molecule has 1 atom stereocenters. The average molecular weight is 321 g/mol. The lowest BCUT2D eigenvalue weighted by Gasteiger charge is -2.25. The van der Waals surface area contributed by atoms with E-state index in [4.69, 9.17) is 4.74 Å². The van der Waals surface area contributed by atoms with Crippen molar-refractivity contribution in [3.63, 3.8) is 0 Å². The third-order valence-corrected chi connectivity index (χ3v) is 4.51. The summed E-state index contributed by atoms with van der Waals surface area (Å²) in [5, 5.41) is 0. The Labute approximate surface area is 138 Å². The molecule has 1 aromatic rings. The molecule has 0 N–H and O–H groups in total. The van der Waals surface area contributed by atoms with Gasteiger partial charge < -0.3 is 9.64 Å². The number of nitrogens with zero attached hydrogens (tertiary/aromatic N) is 1. The number of hydrogen-bond acceptors (Lipinski definition) is 2. The summed E-state index contributed by atoms with van der Waals surface area (Å²) in [5.41, 5.74) is 1.13. The number of hydrogen-bond donors (Lipinski definition) is 0. The van der Waals surface area contributed by atoms with Crippen LogP contribution in [-0.4, -0.2) is 37.1 Å². The molecule has 0 bridgehead atoms. The second kappa shape index (κ2) is 9.66. The zero-order valence-electron chi connectivity index (χ0n) is 14.1. The fourth-order valence-corrected chi connectivity index (χ4v) is 2.94. The van der Waals surface area contributed by atoms with Crippen LogP contribution in [0.3, 0.4) is 0 Å². The molecule has 1 fully saturated rings. The van der Waals surface area contributed by atoms with Gasteiger partial charge in [-0.1, -0.05) is 12.1 Å². The van der Waals surface area contributed by atoms with Crippen LogP contribution in [0.25, 0.3) is 0 Å². The normalized spacial score (nSPS) is 17.9. The Hall–Kier alpha value is -1.42. The van der Waals surface area contributed by atoms with Crippen molar-refractivity contribution in [2.24, 2.45) is 0 Å². The molecule has 1 amide bonds. The Morgan fingerprint density at radius 3 is 2.74 bits per heavy atom. The van der Waals surface area contributed by atoms with Crippen LogP contribution in [0, 0.1) is 5.82 Å². The van der Waals surface area contributed by atoms with Crippen molar-refractivity contribution < 1.29 is 13.9 Å². The molecule has 1 aromatic carbocycles. The lowest BCUT2D eigenvalue weighted by Crippen LogP contribution is -2.31. The minimum absolute atomic E-state index is 0.201. The van der Waals surface area contributed by atoms with E-state index in [0.29, 0.717) is 12.5 Å². The van der Waals surface area contributed by atoms with E-state index in [0.717, 1.165) is 50.8 Å². The summed E-state index contributed by atoms with van der Waals surface area (Å²) in [6, 6.07) is 6.60. The lowest BCUT2D eigenvalue weighted by atomic mass is 10.1. The van der Waals surface area contributed by atoms with Crippen molar-refractivity contribution in [1.82, 2.24) is 4.90 Å². The van der Waals surface area contributed by atoms with Gasteiger partial charge in [0.2, 0.25) is 5.91 Å². The van der Waals surface area contributed by atoms with Crippen LogP contribution in [0.4, 0.5) is 4.39 Å². The van der Waals surface area contributed by atoms with Crippen molar-refractivity contribution >= 4 is 5.91 Å². The molecule has 1 aliphatic rings. The van der Waals surface area contributed by atoms with Gasteiger partial charge in [0, 0.05) is 26.6 Å². The molecule has 0 spiro atoms. The van der Waals surface area contributed by atoms with Gasteiger partial charge in [0.25, 0.3) is 0 Å². The minimum atomic E-state index is -0.201. The number of carbonyl (C=O) groups is 1. The van der Waals surface area contributed by atoms with Crippen molar-refractivity contribution in [2.45, 2.75) is 57.5 Å². The summed E-state index contributed by atoms with van der Waals surface area (Å²) in [6.07, 6.45) is 8.12. The summed E-state index contributed by atoms with van der Waals surface area (Å²) in [7, 11) is 1.88. The standard InChI is InChI=1S/C19H28FNO2/c1-21(14-13-18-7-4-5-15-23-18)19(22)8-3-2-6-16-9-11-17(20)12-10-16/h9-12,18H,2-8,13-15H2,1H3. The molecule has 1 unspecified atom stereocenters. The van der Waals surface area contributed by atoms with E-state index >= 15 is 0 Å². The van der Waals surface area contributed by atoms with Gasteiger partial charge in [0.05, 0.1) is 6.10 Å². The van der Waals surface area contributed by atoms with E-state index in [1.54, 1.807) is 0 Å². The summed E-state index contributed by atoms with van der Waals surface area (Å²) >= 11 is 0. The van der Waals surface area contributed by atoms with Crippen molar-refractivity contribution in [2.75, 3.05) is 20.2 Å². The maximum Gasteiger partial charge on any atom is 0.222 e. The molecule has 1 heterocycles. The molecule has 1 aliphatic heterocycles. The average Bonchev–Trinajstić information content (AvgIpc) is 2.59. The number of ether oxygens (including phenoxy) is 1. The Bertz CT molecular complexity index is 469. The zero-order chi connectivity index (χ0) is 16.5. The predicted molar refractivity (Wildman–Crippen MR) is 89.8 cm³/mol. The van der Waals surface area contributed by atoms with Crippen LogP contribution in [-0.2, 0) is 16.0 Å². The molecular formula is C19H28FNO2. The zero-order valence-corrected chi connectivity index (χ0v) is 14.1. The third-order valence-electron chi connectivity index (χ3n) is 4.51. The van der Waals surface area contributed by atoms with Gasteiger partial charge >= 0.3 is 0 Å². The lowest BCUT2D eigenvalue weighted by molar-refractivity contribution is -0.130. The highest BCUT2D eigenvalue weighted by Gasteiger charge is 2.16. The number of rotatable bonds is 8. The highest BCUT2D eigenvalue weighted by atomic mass is 19.1. The largest absolute Gasteiger partial charge is 0.378 e. The van der Waals surface area contributed by atoms with Crippen LogP contribution in [0.2, 0.25) is 0 Å². The first-order valence-electron chi connectivity index (χ1n) is 8.75. The van der Waals surface area contributed by atoms with Gasteiger partial charge in [-0.2, -0.15) is 0 Å². The van der Waals surface area contributed by atoms with Gasteiger partial charge in [0.1, 0.15) is 5.82 Å². The molecule has 0 saturated carbocycles. The van der Waals surface area contributed by atoms with Gasteiger partial charge in [0.15, 0.2) is 0 Å². The predicted octanol–water partition coefficient (Wildman–Crippen LogP) is 3.96. The SMILES string of the molecule is CN(CCC1CCCCO1)C(=O)CCCCc1ccc(F)cc1. The summed E-state index contributed by atoms with van der Waals surface area (Å²) in [6.45, 7) is 1.65. The Balaban J connectivity index is 1.57. The smallest absolute Gasteiger partial charge is 0.222 e. The molecule has 4 heteroatoms. The highest BCUT2D eigenvalue weighted by Crippen LogP contribution is 2.16. The van der Waals surface area contributed by atoms with Gasteiger partial charge in [-0.25, -0.2) is 4.39 Å². The monoisotopic (exact) mass is 321 g/mol. The second-order valence-electron chi connectivity index (χ2n) is 6.43. The number of halogens is 1. The van der Waals surface area contributed by atoms with Crippen LogP contribution >= 0.6 is 0 Å². The quantitative estimate of drug-likeness (QED) is 0.678. The number of benzene rings is 1. The first-order chi connectivity index (χ1) is 11.1. The number of aryl methyl sites for hydroxylation is 1. The molecule has 3 nitrogen and oxygen atoms in total. The van der Waals surface area contributed by atoms with Crippen LogP contribution < -0.4 is 0 Å². The van der Waals surface area contributed by atoms with Gasteiger partial charge in [-0.15, -0.1) is 0 Å². The molecule has 0 aromatic heterocycles. The van der Waals surface area contributed by atoms with Gasteiger partial charge in [-0.05, 0) is 62.6 Å². The molecule has 128 valence electrons. The molecular weight excluding hydrogens is 293 g/mol. The summed E-state index contributed by atoms with van der Waals surface area (Å²) in [5.74, 6) is 0.00686. The van der Waals surface area contributed by atoms with E-state index in [9.17, 15) is 9.18 Å². The van der Waals surface area contributed by atoms with Crippen LogP contribution in [0.15, 0.2) is 24.3 Å². The van der Waals surface area contributed by atoms with E-state index in [2.05, 4.69) is 0 Å². The van der Waals surface area contributed by atoms with Crippen molar-refractivity contribution in [3.8, 4) is 0 Å². The van der Waals surface area contributed by atoms with E-state index in [1.807, 2.05) is 24.1 Å². The van der Waals surface area contributed by atoms with E-state index in [-0.39, 0.29) is 11.7 Å². The second-order valence-corrected chi connectivity index (χ2v) is 6.43. The summed E-state index contributed by atoms with van der Waals surface area (Å²) in [4.78, 5) is 13.9. The minimum Gasteiger partial charge on any atom is -0.378 e. The van der Waals surface area contributed by atoms with E-state index in [1.165, 1.54) is 25.0 Å². The fourth-order valence-electron chi connectivity index (χ4n) is 2.94. The van der Waals surface area contributed by atoms with Crippen LogP contribution in [0.5, 0.6) is 0 Å². The fraction of sp³-hybridized carbons (Fsp3) is 0.632. The molecule has 2 rings (SSSR count). The first kappa shape index (κ1) is 17.9. The molecule has 23 heavy (non-hydrogen) atoms. The molecule has 0 radical (unpaired) electrons. The third kappa shape index (κ3) is 6.69. The topological polar surface area (TPSA) is 29.5 Å². The summed E-state index contributed by atoms with van der Waals surface area (Å²) < 4.78 is 18.5. The van der Waals surface area contributed by atoms with Crippen molar-refractivity contribution in [3.05, 3.63) is 35.6 Å². The maximum atomic E-state index is 12.8. The maximum absolute atomic E-state index is 12.8. The van der Waals surface area contributed by atoms with Crippen LogP contribution in [0.1, 0.15) is 50.5 Å². The Kier molecular flexibility index (Phi) is 7.53. The number of unbranched alkanes of at least 4 members (excludes halogenated alkanes) is 1. The molecule has 0 aliphatic carbocycles. The van der Waals surface area contributed by atoms with E-state index < -0.39 is 0 Å². The Morgan fingerprint density at radius 2 is 2.04 bits per heavy atom. The van der Waals surface area contributed by atoms with Gasteiger partial charge in [-0.3, -0.25) is 4.79 Å². The Morgan fingerprint density at radius 1 is 1.26 bits per heavy atom. The first-order valence-corrected chi connectivity index (χ1v) is 8.75. The molecule has 1 saturated heterocycles.